The van der Waals surface area contributed by atoms with Gasteiger partial charge in [0.1, 0.15) is 0 Å². The van der Waals surface area contributed by atoms with Gasteiger partial charge >= 0.3 is 0 Å². The van der Waals surface area contributed by atoms with Crippen molar-refractivity contribution < 1.29 is 4.79 Å². The third-order valence-corrected chi connectivity index (χ3v) is 6.63. The van der Waals surface area contributed by atoms with Crippen LogP contribution < -0.4 is 5.32 Å². The van der Waals surface area contributed by atoms with Gasteiger partial charge in [-0.1, -0.05) is 60.1 Å². The highest BCUT2D eigenvalue weighted by Crippen LogP contribution is 2.29. The van der Waals surface area contributed by atoms with E-state index in [0.29, 0.717) is 17.1 Å². The van der Waals surface area contributed by atoms with E-state index in [1.54, 1.807) is 11.3 Å². The highest BCUT2D eigenvalue weighted by Gasteiger charge is 2.15. The first-order valence-corrected chi connectivity index (χ1v) is 11.1. The number of nitrogens with one attached hydrogen (secondary N) is 1. The van der Waals surface area contributed by atoms with E-state index in [0.717, 1.165) is 33.1 Å². The molecular weight excluding hydrogens is 412 g/mol. The van der Waals surface area contributed by atoms with Crippen molar-refractivity contribution in [2.45, 2.75) is 33.6 Å². The quantitative estimate of drug-likeness (QED) is 0.382. The molecule has 0 aliphatic carbocycles. The molecule has 1 aromatic heterocycles. The third-order valence-electron chi connectivity index (χ3n) is 5.18. The molecule has 0 saturated carbocycles. The van der Waals surface area contributed by atoms with Gasteiger partial charge in [0.15, 0.2) is 0 Å². The number of rotatable bonds is 5. The summed E-state index contributed by atoms with van der Waals surface area (Å²) >= 11 is 7.94. The van der Waals surface area contributed by atoms with Crippen molar-refractivity contribution in [2.75, 3.05) is 5.32 Å². The molecule has 1 heterocycles. The Labute approximate surface area is 185 Å². The summed E-state index contributed by atoms with van der Waals surface area (Å²) in [5.41, 5.74) is 4.89. The number of fused-ring (bicyclic) bond motifs is 1. The topological polar surface area (TPSA) is 42.0 Å². The predicted molar refractivity (Wildman–Crippen MR) is 127 cm³/mol. The van der Waals surface area contributed by atoms with Gasteiger partial charge in [0, 0.05) is 11.3 Å². The SMILES string of the molecule is Cc1cc(C)c(NC(=O)Cc2sc(Cc3cccc4ccccc34)nc2C)c(Cl)c1. The van der Waals surface area contributed by atoms with E-state index in [1.807, 2.05) is 32.9 Å². The summed E-state index contributed by atoms with van der Waals surface area (Å²) in [6.45, 7) is 5.91. The minimum absolute atomic E-state index is 0.0766. The Balaban J connectivity index is 1.51. The number of aryl methyl sites for hydroxylation is 3. The Morgan fingerprint density at radius 1 is 1.07 bits per heavy atom. The average molecular weight is 435 g/mol. The van der Waals surface area contributed by atoms with Gasteiger partial charge in [0.2, 0.25) is 5.91 Å². The number of carbonyl (C=O) groups excluding carboxylic acids is 1. The first kappa shape index (κ1) is 20.6. The monoisotopic (exact) mass is 434 g/mol. The first-order valence-electron chi connectivity index (χ1n) is 9.89. The molecule has 3 nitrogen and oxygen atoms in total. The second-order valence-corrected chi connectivity index (χ2v) is 9.17. The molecule has 1 N–H and O–H groups in total. The number of thiazole rings is 1. The van der Waals surface area contributed by atoms with E-state index in [1.165, 1.54) is 16.3 Å². The number of nitrogens with zero attached hydrogens (tertiary/aromatic N) is 1. The molecule has 0 unspecified atom stereocenters. The lowest BCUT2D eigenvalue weighted by Crippen LogP contribution is -2.15. The van der Waals surface area contributed by atoms with Crippen LogP contribution in [0, 0.1) is 20.8 Å². The van der Waals surface area contributed by atoms with Crippen LogP contribution in [0.1, 0.15) is 32.3 Å². The fourth-order valence-corrected chi connectivity index (χ4v) is 5.20. The summed E-state index contributed by atoms with van der Waals surface area (Å²) in [6.07, 6.45) is 1.06. The summed E-state index contributed by atoms with van der Waals surface area (Å²) in [7, 11) is 0. The van der Waals surface area contributed by atoms with E-state index in [2.05, 4.69) is 47.8 Å². The molecular formula is C25H23ClN2OS. The molecule has 0 fully saturated rings. The molecule has 0 spiro atoms. The summed E-state index contributed by atoms with van der Waals surface area (Å²) in [6, 6.07) is 18.6. The van der Waals surface area contributed by atoms with Crippen LogP contribution >= 0.6 is 22.9 Å². The van der Waals surface area contributed by atoms with Crippen LogP contribution in [-0.4, -0.2) is 10.9 Å². The zero-order chi connectivity index (χ0) is 21.3. The van der Waals surface area contributed by atoms with Gasteiger partial charge < -0.3 is 5.32 Å². The molecule has 0 bridgehead atoms. The van der Waals surface area contributed by atoms with Gasteiger partial charge in [-0.2, -0.15) is 0 Å². The predicted octanol–water partition coefficient (Wildman–Crippen LogP) is 6.65. The maximum Gasteiger partial charge on any atom is 0.229 e. The molecule has 0 atom stereocenters. The summed E-state index contributed by atoms with van der Waals surface area (Å²) in [5, 5.41) is 7.04. The first-order chi connectivity index (χ1) is 14.4. The lowest BCUT2D eigenvalue weighted by molar-refractivity contribution is -0.115. The van der Waals surface area contributed by atoms with Crippen LogP contribution in [-0.2, 0) is 17.6 Å². The van der Waals surface area contributed by atoms with E-state index in [4.69, 9.17) is 16.6 Å². The zero-order valence-corrected chi connectivity index (χ0v) is 18.8. The maximum atomic E-state index is 12.7. The van der Waals surface area contributed by atoms with Gasteiger partial charge in [-0.05, 0) is 54.3 Å². The van der Waals surface area contributed by atoms with Crippen LogP contribution in [0.25, 0.3) is 10.8 Å². The lowest BCUT2D eigenvalue weighted by Gasteiger charge is -2.11. The number of carbonyl (C=O) groups is 1. The molecule has 0 aliphatic heterocycles. The number of amides is 1. The maximum absolute atomic E-state index is 12.7. The van der Waals surface area contributed by atoms with Crippen molar-refractivity contribution >= 4 is 45.3 Å². The van der Waals surface area contributed by atoms with Crippen LogP contribution in [0.2, 0.25) is 5.02 Å². The van der Waals surface area contributed by atoms with E-state index < -0.39 is 0 Å². The highest BCUT2D eigenvalue weighted by atomic mass is 35.5. The van der Waals surface area contributed by atoms with E-state index in [9.17, 15) is 4.79 Å². The number of benzene rings is 3. The van der Waals surface area contributed by atoms with Crippen molar-refractivity contribution in [3.05, 3.63) is 91.9 Å². The standard InChI is InChI=1S/C25H23ClN2OS/c1-15-11-16(2)25(21(26)12-15)28-23(29)14-22-17(3)27-24(30-22)13-19-9-6-8-18-7-4-5-10-20(18)19/h4-12H,13-14H2,1-3H3,(H,28,29). The zero-order valence-electron chi connectivity index (χ0n) is 17.3. The average Bonchev–Trinajstić information content (AvgIpc) is 3.03. The number of halogens is 1. The Morgan fingerprint density at radius 3 is 2.63 bits per heavy atom. The molecule has 4 rings (SSSR count). The second kappa shape index (κ2) is 8.58. The van der Waals surface area contributed by atoms with Crippen LogP contribution in [0.4, 0.5) is 5.69 Å². The van der Waals surface area contributed by atoms with Gasteiger partial charge in [-0.15, -0.1) is 11.3 Å². The Kier molecular flexibility index (Phi) is 5.89. The molecule has 30 heavy (non-hydrogen) atoms. The van der Waals surface area contributed by atoms with Crippen LogP contribution in [0.15, 0.2) is 54.6 Å². The molecule has 5 heteroatoms. The lowest BCUT2D eigenvalue weighted by atomic mass is 10.0. The molecule has 4 aromatic rings. The number of hydrogen-bond acceptors (Lipinski definition) is 3. The second-order valence-electron chi connectivity index (χ2n) is 7.59. The normalized spacial score (nSPS) is 11.1. The molecule has 1 amide bonds. The molecule has 152 valence electrons. The minimum atomic E-state index is -0.0766. The van der Waals surface area contributed by atoms with Crippen molar-refractivity contribution in [2.24, 2.45) is 0 Å². The Bertz CT molecular complexity index is 1220. The largest absolute Gasteiger partial charge is 0.324 e. The van der Waals surface area contributed by atoms with Gasteiger partial charge in [-0.25, -0.2) is 4.98 Å². The summed E-state index contributed by atoms with van der Waals surface area (Å²) in [5.74, 6) is -0.0766. The smallest absolute Gasteiger partial charge is 0.229 e. The van der Waals surface area contributed by atoms with Gasteiger partial charge in [-0.3, -0.25) is 4.79 Å². The fourth-order valence-electron chi connectivity index (χ4n) is 3.74. The number of anilines is 1. The minimum Gasteiger partial charge on any atom is -0.324 e. The van der Waals surface area contributed by atoms with Crippen molar-refractivity contribution in [1.82, 2.24) is 4.98 Å². The molecule has 0 radical (unpaired) electrons. The van der Waals surface area contributed by atoms with E-state index >= 15 is 0 Å². The third kappa shape index (κ3) is 4.40. The fraction of sp³-hybridized carbons (Fsp3) is 0.200. The Morgan fingerprint density at radius 2 is 1.83 bits per heavy atom. The highest BCUT2D eigenvalue weighted by molar-refractivity contribution is 7.11. The number of aromatic nitrogens is 1. The van der Waals surface area contributed by atoms with Crippen molar-refractivity contribution in [1.29, 1.82) is 0 Å². The van der Waals surface area contributed by atoms with E-state index in [-0.39, 0.29) is 5.91 Å². The van der Waals surface area contributed by atoms with Crippen molar-refractivity contribution in [3.63, 3.8) is 0 Å². The van der Waals surface area contributed by atoms with Crippen LogP contribution in [0.3, 0.4) is 0 Å². The number of hydrogen-bond donors (Lipinski definition) is 1. The van der Waals surface area contributed by atoms with Crippen LogP contribution in [0.5, 0.6) is 0 Å². The molecule has 0 saturated heterocycles. The molecule has 0 aliphatic rings. The van der Waals surface area contributed by atoms with Crippen molar-refractivity contribution in [3.8, 4) is 0 Å². The van der Waals surface area contributed by atoms with Gasteiger partial charge in [0.05, 0.1) is 27.8 Å². The molecule has 3 aromatic carbocycles. The summed E-state index contributed by atoms with van der Waals surface area (Å²) < 4.78 is 0. The Hall–Kier alpha value is -2.69. The van der Waals surface area contributed by atoms with Gasteiger partial charge in [0.25, 0.3) is 0 Å². The summed E-state index contributed by atoms with van der Waals surface area (Å²) in [4.78, 5) is 18.4.